The Labute approximate surface area is 146 Å². The van der Waals surface area contributed by atoms with E-state index < -0.39 is 0 Å². The predicted octanol–water partition coefficient (Wildman–Crippen LogP) is 4.90. The zero-order valence-electron chi connectivity index (χ0n) is 13.8. The summed E-state index contributed by atoms with van der Waals surface area (Å²) in [6.45, 7) is 4.11. The van der Waals surface area contributed by atoms with Crippen molar-refractivity contribution in [2.45, 2.75) is 13.8 Å². The van der Waals surface area contributed by atoms with E-state index in [4.69, 9.17) is 16.3 Å². The number of ether oxygens (including phenoxy) is 1. The fourth-order valence-corrected chi connectivity index (χ4v) is 2.83. The van der Waals surface area contributed by atoms with Gasteiger partial charge in [0, 0.05) is 34.4 Å². The molecule has 122 valence electrons. The van der Waals surface area contributed by atoms with E-state index in [0.29, 0.717) is 16.5 Å². The first-order valence-corrected chi connectivity index (χ1v) is 7.96. The van der Waals surface area contributed by atoms with Crippen LogP contribution in [0.25, 0.3) is 5.82 Å². The first kappa shape index (κ1) is 16.3. The number of halogens is 1. The topological polar surface area (TPSA) is 39.4 Å². The Balaban J connectivity index is 1.99. The molecule has 0 atom stereocenters. The van der Waals surface area contributed by atoms with Gasteiger partial charge in [0.05, 0.1) is 7.11 Å². The Kier molecular flexibility index (Phi) is 4.67. The third-order valence-corrected chi connectivity index (χ3v) is 4.07. The van der Waals surface area contributed by atoms with E-state index in [1.807, 2.05) is 30.5 Å². The Morgan fingerprint density at radius 1 is 1.17 bits per heavy atom. The lowest BCUT2D eigenvalue weighted by Crippen LogP contribution is -2.01. The summed E-state index contributed by atoms with van der Waals surface area (Å²) in [6.07, 6.45) is 3.62. The van der Waals surface area contributed by atoms with E-state index in [1.54, 1.807) is 25.4 Å². The molecule has 0 spiro atoms. The maximum atomic E-state index is 6.05. The second kappa shape index (κ2) is 6.89. The van der Waals surface area contributed by atoms with Gasteiger partial charge in [-0.25, -0.2) is 4.98 Å². The molecule has 0 saturated heterocycles. The lowest BCUT2D eigenvalue weighted by molar-refractivity contribution is 0.416. The number of aromatic nitrogens is 2. The van der Waals surface area contributed by atoms with Crippen molar-refractivity contribution in [3.63, 3.8) is 0 Å². The molecule has 2 aromatic heterocycles. The van der Waals surface area contributed by atoms with E-state index in [2.05, 4.69) is 34.5 Å². The lowest BCUT2D eigenvalue weighted by Gasteiger charge is -2.07. The van der Waals surface area contributed by atoms with E-state index in [-0.39, 0.29) is 0 Å². The van der Waals surface area contributed by atoms with Crippen LogP contribution >= 0.6 is 11.6 Å². The van der Waals surface area contributed by atoms with E-state index >= 15 is 0 Å². The molecule has 0 bridgehead atoms. The molecule has 1 aromatic carbocycles. The smallest absolute Gasteiger partial charge is 0.144 e. The number of pyridine rings is 1. The predicted molar refractivity (Wildman–Crippen MR) is 98.3 cm³/mol. The Hall–Kier alpha value is -2.59. The number of aryl methyl sites for hydroxylation is 1. The second-order valence-corrected chi connectivity index (χ2v) is 5.86. The molecule has 0 fully saturated rings. The number of benzene rings is 1. The zero-order valence-corrected chi connectivity index (χ0v) is 14.6. The van der Waals surface area contributed by atoms with Crippen LogP contribution in [-0.2, 0) is 0 Å². The van der Waals surface area contributed by atoms with Gasteiger partial charge in [0.1, 0.15) is 17.3 Å². The van der Waals surface area contributed by atoms with Crippen molar-refractivity contribution in [2.75, 3.05) is 7.11 Å². The minimum Gasteiger partial charge on any atom is -0.494 e. The van der Waals surface area contributed by atoms with Gasteiger partial charge in [-0.1, -0.05) is 17.7 Å². The van der Waals surface area contributed by atoms with Gasteiger partial charge >= 0.3 is 0 Å². The molecule has 0 amide bonds. The largest absolute Gasteiger partial charge is 0.494 e. The highest BCUT2D eigenvalue weighted by Crippen LogP contribution is 2.30. The molecule has 0 aliphatic carbocycles. The molecule has 3 rings (SSSR count). The Morgan fingerprint density at radius 2 is 2.00 bits per heavy atom. The third kappa shape index (κ3) is 3.19. The summed E-state index contributed by atoms with van der Waals surface area (Å²) in [4.78, 5) is 8.97. The Bertz CT molecular complexity index is 885. The summed E-state index contributed by atoms with van der Waals surface area (Å²) in [5, 5.41) is 0.627. The average Bonchev–Trinajstić information content (AvgIpc) is 2.87. The van der Waals surface area contributed by atoms with Gasteiger partial charge in [-0.2, -0.15) is 0 Å². The van der Waals surface area contributed by atoms with Crippen molar-refractivity contribution in [1.29, 1.82) is 0 Å². The first-order chi connectivity index (χ1) is 11.6. The second-order valence-electron chi connectivity index (χ2n) is 5.42. The molecule has 4 nitrogen and oxygen atoms in total. The van der Waals surface area contributed by atoms with E-state index in [0.717, 1.165) is 22.8 Å². The molecule has 3 aromatic rings. The minimum absolute atomic E-state index is 0.627. The van der Waals surface area contributed by atoms with Crippen molar-refractivity contribution < 1.29 is 4.74 Å². The Morgan fingerprint density at radius 3 is 2.71 bits per heavy atom. The molecule has 5 heteroatoms. The summed E-state index contributed by atoms with van der Waals surface area (Å²) in [5.41, 5.74) is 3.91. The molecule has 0 aliphatic rings. The van der Waals surface area contributed by atoms with Crippen LogP contribution in [0.3, 0.4) is 0 Å². The summed E-state index contributed by atoms with van der Waals surface area (Å²) in [6, 6.07) is 13.3. The molecule has 0 unspecified atom stereocenters. The normalized spacial score (nSPS) is 11.2. The fourth-order valence-electron chi connectivity index (χ4n) is 2.66. The van der Waals surface area contributed by atoms with Gasteiger partial charge in [0.15, 0.2) is 0 Å². The summed E-state index contributed by atoms with van der Waals surface area (Å²) < 4.78 is 7.44. The SMILES string of the molecule is COc1ccc(Cl)cc1N=Cc1cc(C)n(-c2ccccn2)c1C. The van der Waals surface area contributed by atoms with Gasteiger partial charge in [0.2, 0.25) is 0 Å². The molecule has 24 heavy (non-hydrogen) atoms. The molecule has 2 heterocycles. The lowest BCUT2D eigenvalue weighted by atomic mass is 10.2. The minimum atomic E-state index is 0.627. The van der Waals surface area contributed by atoms with Crippen LogP contribution < -0.4 is 4.74 Å². The standard InChI is InChI=1S/C19H18ClN3O/c1-13-10-15(14(2)23(13)19-6-4-5-9-21-19)12-22-17-11-16(20)7-8-18(17)24-3/h4-12H,1-3H3. The first-order valence-electron chi connectivity index (χ1n) is 7.58. The third-order valence-electron chi connectivity index (χ3n) is 3.83. The van der Waals surface area contributed by atoms with Crippen LogP contribution in [0.2, 0.25) is 5.02 Å². The monoisotopic (exact) mass is 339 g/mol. The summed E-state index contributed by atoms with van der Waals surface area (Å²) >= 11 is 6.05. The van der Waals surface area contributed by atoms with Gasteiger partial charge in [-0.15, -0.1) is 0 Å². The van der Waals surface area contributed by atoms with Gasteiger partial charge in [-0.05, 0) is 50.2 Å². The number of hydrogen-bond donors (Lipinski definition) is 0. The molecular formula is C19H18ClN3O. The number of methoxy groups -OCH3 is 1. The van der Waals surface area contributed by atoms with Crippen molar-refractivity contribution in [3.05, 3.63) is 70.6 Å². The van der Waals surface area contributed by atoms with Crippen molar-refractivity contribution in [3.8, 4) is 11.6 Å². The van der Waals surface area contributed by atoms with Gasteiger partial charge < -0.3 is 9.30 Å². The molecule has 0 saturated carbocycles. The van der Waals surface area contributed by atoms with Gasteiger partial charge in [-0.3, -0.25) is 4.99 Å². The maximum Gasteiger partial charge on any atom is 0.144 e. The molecular weight excluding hydrogens is 322 g/mol. The van der Waals surface area contributed by atoms with Crippen molar-refractivity contribution >= 4 is 23.5 Å². The quantitative estimate of drug-likeness (QED) is 0.634. The van der Waals surface area contributed by atoms with Crippen LogP contribution in [0.5, 0.6) is 5.75 Å². The number of aliphatic imine (C=N–C) groups is 1. The highest BCUT2D eigenvalue weighted by Gasteiger charge is 2.10. The van der Waals surface area contributed by atoms with Crippen LogP contribution in [0.4, 0.5) is 5.69 Å². The zero-order chi connectivity index (χ0) is 17.1. The summed E-state index contributed by atoms with van der Waals surface area (Å²) in [7, 11) is 1.62. The van der Waals surface area contributed by atoms with E-state index in [1.165, 1.54) is 0 Å². The summed E-state index contributed by atoms with van der Waals surface area (Å²) in [5.74, 6) is 1.58. The molecule has 0 radical (unpaired) electrons. The molecule has 0 aliphatic heterocycles. The number of rotatable bonds is 4. The maximum absolute atomic E-state index is 6.05. The van der Waals surface area contributed by atoms with Crippen LogP contribution in [-0.4, -0.2) is 22.9 Å². The van der Waals surface area contributed by atoms with Crippen LogP contribution in [0.15, 0.2) is 53.7 Å². The van der Waals surface area contributed by atoms with Crippen molar-refractivity contribution in [1.82, 2.24) is 9.55 Å². The average molecular weight is 340 g/mol. The van der Waals surface area contributed by atoms with Crippen molar-refractivity contribution in [2.24, 2.45) is 4.99 Å². The fraction of sp³-hybridized carbons (Fsp3) is 0.158. The molecule has 0 N–H and O–H groups in total. The highest BCUT2D eigenvalue weighted by atomic mass is 35.5. The number of nitrogens with zero attached hydrogens (tertiary/aromatic N) is 3. The van der Waals surface area contributed by atoms with Gasteiger partial charge in [0.25, 0.3) is 0 Å². The van der Waals surface area contributed by atoms with Crippen LogP contribution in [0.1, 0.15) is 17.0 Å². The number of hydrogen-bond acceptors (Lipinski definition) is 3. The van der Waals surface area contributed by atoms with Crippen LogP contribution in [0, 0.1) is 13.8 Å². The highest BCUT2D eigenvalue weighted by molar-refractivity contribution is 6.30. The van der Waals surface area contributed by atoms with E-state index in [9.17, 15) is 0 Å².